The minimum Gasteiger partial charge on any atom is -0.366 e. The van der Waals surface area contributed by atoms with E-state index >= 15 is 0 Å². The number of epoxide rings is 1. The van der Waals surface area contributed by atoms with Crippen LogP contribution < -0.4 is 0 Å². The Hall–Kier alpha value is -0.300. The highest BCUT2D eigenvalue weighted by atomic mass is 16.6. The predicted molar refractivity (Wildman–Crippen MR) is 47.6 cm³/mol. The summed E-state index contributed by atoms with van der Waals surface area (Å²) in [5.74, 6) is 0. The lowest BCUT2D eigenvalue weighted by Crippen LogP contribution is -2.13. The molecular weight excluding hydrogens is 136 g/mol. The Labute approximate surface area is 69.4 Å². The first-order valence-corrected chi connectivity index (χ1v) is 4.57. The SMILES string of the molecule is C=CCC1(CCC)OC1CC. The van der Waals surface area contributed by atoms with Crippen molar-refractivity contribution < 1.29 is 4.74 Å². The molecule has 0 aromatic carbocycles. The maximum atomic E-state index is 5.66. The third kappa shape index (κ3) is 1.64. The molecule has 1 heterocycles. The van der Waals surface area contributed by atoms with E-state index < -0.39 is 0 Å². The van der Waals surface area contributed by atoms with Gasteiger partial charge in [0.15, 0.2) is 0 Å². The highest BCUT2D eigenvalue weighted by Crippen LogP contribution is 2.45. The minimum absolute atomic E-state index is 0.200. The fourth-order valence-electron chi connectivity index (χ4n) is 1.87. The van der Waals surface area contributed by atoms with Gasteiger partial charge in [-0.2, -0.15) is 0 Å². The van der Waals surface area contributed by atoms with Crippen molar-refractivity contribution in [1.82, 2.24) is 0 Å². The van der Waals surface area contributed by atoms with Gasteiger partial charge in [0.05, 0.1) is 11.7 Å². The van der Waals surface area contributed by atoms with Crippen LogP contribution in [0.3, 0.4) is 0 Å². The van der Waals surface area contributed by atoms with E-state index in [0.717, 1.165) is 12.8 Å². The van der Waals surface area contributed by atoms with Gasteiger partial charge in [-0.05, 0) is 19.3 Å². The van der Waals surface area contributed by atoms with Gasteiger partial charge in [0.25, 0.3) is 0 Å². The van der Waals surface area contributed by atoms with E-state index in [4.69, 9.17) is 4.74 Å². The summed E-state index contributed by atoms with van der Waals surface area (Å²) in [6, 6.07) is 0. The molecule has 1 heteroatoms. The maximum Gasteiger partial charge on any atom is 0.0982 e. The van der Waals surface area contributed by atoms with E-state index in [1.807, 2.05) is 6.08 Å². The molecule has 0 radical (unpaired) electrons. The van der Waals surface area contributed by atoms with Crippen LogP contribution in [0.2, 0.25) is 0 Å². The Morgan fingerprint density at radius 2 is 2.27 bits per heavy atom. The molecule has 2 unspecified atom stereocenters. The number of hydrogen-bond donors (Lipinski definition) is 0. The summed E-state index contributed by atoms with van der Waals surface area (Å²) in [6.07, 6.45) is 7.07. The summed E-state index contributed by atoms with van der Waals surface area (Å²) in [5, 5.41) is 0. The Balaban J connectivity index is 2.40. The smallest absolute Gasteiger partial charge is 0.0982 e. The molecule has 0 spiro atoms. The molecular formula is C10H18O. The molecule has 1 saturated heterocycles. The standard InChI is InChI=1S/C10H18O/c1-4-7-10(8-5-2)9(6-3)11-10/h4,9H,1,5-8H2,2-3H3. The lowest BCUT2D eigenvalue weighted by Gasteiger charge is -2.07. The summed E-state index contributed by atoms with van der Waals surface area (Å²) >= 11 is 0. The van der Waals surface area contributed by atoms with Gasteiger partial charge in [-0.3, -0.25) is 0 Å². The van der Waals surface area contributed by atoms with Crippen molar-refractivity contribution in [3.8, 4) is 0 Å². The molecule has 0 aliphatic carbocycles. The van der Waals surface area contributed by atoms with E-state index in [2.05, 4.69) is 20.4 Å². The van der Waals surface area contributed by atoms with E-state index in [0.29, 0.717) is 6.10 Å². The van der Waals surface area contributed by atoms with Crippen LogP contribution >= 0.6 is 0 Å². The van der Waals surface area contributed by atoms with Crippen molar-refractivity contribution in [3.05, 3.63) is 12.7 Å². The van der Waals surface area contributed by atoms with E-state index in [1.54, 1.807) is 0 Å². The van der Waals surface area contributed by atoms with Gasteiger partial charge in [-0.25, -0.2) is 0 Å². The zero-order valence-electron chi connectivity index (χ0n) is 7.60. The molecule has 0 N–H and O–H groups in total. The van der Waals surface area contributed by atoms with Crippen molar-refractivity contribution in [2.75, 3.05) is 0 Å². The normalized spacial score (nSPS) is 35.3. The Morgan fingerprint density at radius 3 is 2.64 bits per heavy atom. The Morgan fingerprint density at radius 1 is 1.55 bits per heavy atom. The molecule has 1 aliphatic rings. The highest BCUT2D eigenvalue weighted by Gasteiger charge is 2.52. The van der Waals surface area contributed by atoms with Gasteiger partial charge >= 0.3 is 0 Å². The van der Waals surface area contributed by atoms with E-state index in [-0.39, 0.29) is 5.60 Å². The van der Waals surface area contributed by atoms with Crippen molar-refractivity contribution in [2.24, 2.45) is 0 Å². The predicted octanol–water partition coefficient (Wildman–Crippen LogP) is 2.91. The summed E-state index contributed by atoms with van der Waals surface area (Å²) in [5.41, 5.74) is 0.200. The van der Waals surface area contributed by atoms with Crippen LogP contribution in [0.15, 0.2) is 12.7 Å². The topological polar surface area (TPSA) is 12.5 Å². The molecule has 0 aromatic heterocycles. The molecule has 1 fully saturated rings. The fraction of sp³-hybridized carbons (Fsp3) is 0.800. The monoisotopic (exact) mass is 154 g/mol. The molecule has 2 atom stereocenters. The second-order valence-electron chi connectivity index (χ2n) is 3.32. The van der Waals surface area contributed by atoms with Crippen LogP contribution in [0.25, 0.3) is 0 Å². The maximum absolute atomic E-state index is 5.66. The number of hydrogen-bond acceptors (Lipinski definition) is 1. The van der Waals surface area contributed by atoms with Gasteiger partial charge in [0.2, 0.25) is 0 Å². The molecule has 0 bridgehead atoms. The first kappa shape index (κ1) is 8.79. The molecule has 0 saturated carbocycles. The lowest BCUT2D eigenvalue weighted by molar-refractivity contribution is 0.278. The van der Waals surface area contributed by atoms with Crippen molar-refractivity contribution in [2.45, 2.75) is 51.2 Å². The van der Waals surface area contributed by atoms with E-state index in [1.165, 1.54) is 12.8 Å². The average Bonchev–Trinajstić information content (AvgIpc) is 2.65. The van der Waals surface area contributed by atoms with Gasteiger partial charge in [-0.1, -0.05) is 26.3 Å². The summed E-state index contributed by atoms with van der Waals surface area (Å²) < 4.78 is 5.66. The highest BCUT2D eigenvalue weighted by molar-refractivity contribution is 5.05. The second-order valence-corrected chi connectivity index (χ2v) is 3.32. The number of rotatable bonds is 5. The summed E-state index contributed by atoms with van der Waals surface area (Å²) in [7, 11) is 0. The molecule has 0 aromatic rings. The van der Waals surface area contributed by atoms with Gasteiger partial charge in [-0.15, -0.1) is 6.58 Å². The molecule has 1 nitrogen and oxygen atoms in total. The molecule has 64 valence electrons. The van der Waals surface area contributed by atoms with Crippen LogP contribution in [0, 0.1) is 0 Å². The number of ether oxygens (including phenoxy) is 1. The van der Waals surface area contributed by atoms with Crippen molar-refractivity contribution in [3.63, 3.8) is 0 Å². The van der Waals surface area contributed by atoms with Crippen LogP contribution in [0.1, 0.15) is 39.5 Å². The fourth-order valence-corrected chi connectivity index (χ4v) is 1.87. The first-order valence-electron chi connectivity index (χ1n) is 4.57. The van der Waals surface area contributed by atoms with Crippen LogP contribution in [-0.2, 0) is 4.74 Å². The largest absolute Gasteiger partial charge is 0.366 e. The minimum atomic E-state index is 0.200. The summed E-state index contributed by atoms with van der Waals surface area (Å²) in [6.45, 7) is 8.15. The molecule has 11 heavy (non-hydrogen) atoms. The van der Waals surface area contributed by atoms with Gasteiger partial charge < -0.3 is 4.74 Å². The van der Waals surface area contributed by atoms with E-state index in [9.17, 15) is 0 Å². The lowest BCUT2D eigenvalue weighted by atomic mass is 9.94. The quantitative estimate of drug-likeness (QED) is 0.438. The zero-order chi connectivity index (χ0) is 8.32. The molecule has 0 amide bonds. The Kier molecular flexibility index (Phi) is 2.72. The van der Waals surface area contributed by atoms with Gasteiger partial charge in [0.1, 0.15) is 0 Å². The van der Waals surface area contributed by atoms with Crippen molar-refractivity contribution in [1.29, 1.82) is 0 Å². The third-order valence-electron chi connectivity index (χ3n) is 2.44. The van der Waals surface area contributed by atoms with Gasteiger partial charge in [0, 0.05) is 0 Å². The van der Waals surface area contributed by atoms with Crippen LogP contribution in [0.4, 0.5) is 0 Å². The summed E-state index contributed by atoms with van der Waals surface area (Å²) in [4.78, 5) is 0. The Bertz CT molecular complexity index is 142. The average molecular weight is 154 g/mol. The first-order chi connectivity index (χ1) is 5.29. The molecule has 1 rings (SSSR count). The second kappa shape index (κ2) is 3.40. The third-order valence-corrected chi connectivity index (χ3v) is 2.44. The van der Waals surface area contributed by atoms with Crippen LogP contribution in [0.5, 0.6) is 0 Å². The van der Waals surface area contributed by atoms with Crippen LogP contribution in [-0.4, -0.2) is 11.7 Å². The molecule has 1 aliphatic heterocycles. The van der Waals surface area contributed by atoms with Crippen molar-refractivity contribution >= 4 is 0 Å². The zero-order valence-corrected chi connectivity index (χ0v) is 7.60.